The van der Waals surface area contributed by atoms with Crippen LogP contribution >= 0.6 is 31.9 Å². The molecule has 0 amide bonds. The van der Waals surface area contributed by atoms with Crippen molar-refractivity contribution in [2.24, 2.45) is 5.92 Å². The fourth-order valence-corrected chi connectivity index (χ4v) is 3.47. The van der Waals surface area contributed by atoms with Gasteiger partial charge >= 0.3 is 0 Å². The Morgan fingerprint density at radius 1 is 1.21 bits per heavy atom. The van der Waals surface area contributed by atoms with E-state index in [2.05, 4.69) is 57.1 Å². The lowest BCUT2D eigenvalue weighted by Gasteiger charge is -2.12. The first-order valence-electron chi connectivity index (χ1n) is 6.77. The third-order valence-corrected chi connectivity index (χ3v) is 4.04. The second kappa shape index (κ2) is 8.98. The van der Waals surface area contributed by atoms with Gasteiger partial charge in [0.05, 0.1) is 11.6 Å². The zero-order valence-electron chi connectivity index (χ0n) is 11.9. The van der Waals surface area contributed by atoms with Crippen LogP contribution in [0.5, 0.6) is 5.75 Å². The molecular weight excluding hydrogens is 370 g/mol. The summed E-state index contributed by atoms with van der Waals surface area (Å²) in [5.74, 6) is 1.72. The first-order chi connectivity index (χ1) is 9.04. The number of unbranched alkanes of at least 4 members (excludes halogenated alkanes) is 1. The average Bonchev–Trinajstić information content (AvgIpc) is 2.32. The molecule has 0 aliphatic rings. The summed E-state index contributed by atoms with van der Waals surface area (Å²) >= 11 is 7.04. The number of ether oxygens (including phenoxy) is 1. The van der Waals surface area contributed by atoms with Crippen LogP contribution in [0.3, 0.4) is 0 Å². The Morgan fingerprint density at radius 2 is 1.95 bits per heavy atom. The fraction of sp³-hybridized carbons (Fsp3) is 0.600. The Labute approximate surface area is 133 Å². The normalized spacial score (nSPS) is 11.1. The summed E-state index contributed by atoms with van der Waals surface area (Å²) in [4.78, 5) is 0. The van der Waals surface area contributed by atoms with Crippen molar-refractivity contribution >= 4 is 31.9 Å². The Hall–Kier alpha value is -0.0600. The van der Waals surface area contributed by atoms with Crippen LogP contribution in [0.4, 0.5) is 0 Å². The van der Waals surface area contributed by atoms with Gasteiger partial charge in [-0.1, -0.05) is 42.6 Å². The summed E-state index contributed by atoms with van der Waals surface area (Å²) in [6.45, 7) is 6.44. The zero-order valence-corrected chi connectivity index (χ0v) is 15.1. The van der Waals surface area contributed by atoms with Gasteiger partial charge in [0, 0.05) is 16.6 Å². The van der Waals surface area contributed by atoms with Crippen molar-refractivity contribution in [1.29, 1.82) is 0 Å². The van der Waals surface area contributed by atoms with Gasteiger partial charge in [0.15, 0.2) is 0 Å². The minimum atomic E-state index is 0.807. The molecule has 0 aliphatic carbocycles. The van der Waals surface area contributed by atoms with Crippen molar-refractivity contribution in [1.82, 2.24) is 5.32 Å². The average molecular weight is 393 g/mol. The standard InChI is InChI=1S/C15H23Br2NO/c1-11(2)6-4-5-7-18-10-12-8-13(16)9-14(17)15(12)19-3/h8-9,11,18H,4-7,10H2,1-3H3. The van der Waals surface area contributed by atoms with Crippen LogP contribution in [0.25, 0.3) is 0 Å². The number of rotatable bonds is 8. The molecule has 1 aromatic rings. The highest BCUT2D eigenvalue weighted by molar-refractivity contribution is 9.11. The molecule has 0 heterocycles. The molecule has 0 aliphatic heterocycles. The monoisotopic (exact) mass is 391 g/mol. The number of halogens is 2. The molecule has 0 fully saturated rings. The molecule has 0 spiro atoms. The Morgan fingerprint density at radius 3 is 2.58 bits per heavy atom. The summed E-state index contributed by atoms with van der Waals surface area (Å²) < 4.78 is 7.49. The Balaban J connectivity index is 2.40. The van der Waals surface area contributed by atoms with E-state index in [1.807, 2.05) is 6.07 Å². The molecule has 1 aromatic carbocycles. The first kappa shape index (κ1) is 17.0. The summed E-state index contributed by atoms with van der Waals surface area (Å²) in [6.07, 6.45) is 3.84. The van der Waals surface area contributed by atoms with E-state index < -0.39 is 0 Å². The van der Waals surface area contributed by atoms with Crippen LogP contribution < -0.4 is 10.1 Å². The largest absolute Gasteiger partial charge is 0.495 e. The van der Waals surface area contributed by atoms with E-state index in [-0.39, 0.29) is 0 Å². The predicted octanol–water partition coefficient (Wildman–Crippen LogP) is 5.14. The van der Waals surface area contributed by atoms with Gasteiger partial charge in [-0.3, -0.25) is 0 Å². The summed E-state index contributed by atoms with van der Waals surface area (Å²) in [6, 6.07) is 4.11. The highest BCUT2D eigenvalue weighted by Crippen LogP contribution is 2.32. The van der Waals surface area contributed by atoms with Gasteiger partial charge in [-0.2, -0.15) is 0 Å². The number of methoxy groups -OCH3 is 1. The highest BCUT2D eigenvalue weighted by Gasteiger charge is 2.08. The van der Waals surface area contributed by atoms with Gasteiger partial charge in [-0.25, -0.2) is 0 Å². The minimum absolute atomic E-state index is 0.807. The summed E-state index contributed by atoms with van der Waals surface area (Å²) in [5.41, 5.74) is 1.17. The van der Waals surface area contributed by atoms with Crippen molar-refractivity contribution in [2.75, 3.05) is 13.7 Å². The van der Waals surface area contributed by atoms with E-state index in [1.54, 1.807) is 7.11 Å². The molecular formula is C15H23Br2NO. The van der Waals surface area contributed by atoms with Crippen LogP contribution in [0, 0.1) is 5.92 Å². The van der Waals surface area contributed by atoms with E-state index >= 15 is 0 Å². The summed E-state index contributed by atoms with van der Waals surface area (Å²) in [7, 11) is 1.71. The van der Waals surface area contributed by atoms with Crippen molar-refractivity contribution in [3.8, 4) is 5.75 Å². The lowest BCUT2D eigenvalue weighted by Crippen LogP contribution is -2.15. The van der Waals surface area contributed by atoms with Gasteiger partial charge in [0.1, 0.15) is 5.75 Å². The van der Waals surface area contributed by atoms with E-state index in [9.17, 15) is 0 Å². The molecule has 4 heteroatoms. The molecule has 1 rings (SSSR count). The van der Waals surface area contributed by atoms with Crippen molar-refractivity contribution in [2.45, 2.75) is 39.7 Å². The SMILES string of the molecule is COc1c(Br)cc(Br)cc1CNCCCCC(C)C. The maximum absolute atomic E-state index is 5.43. The Bertz CT molecular complexity index is 394. The third kappa shape index (κ3) is 6.28. The molecule has 2 nitrogen and oxygen atoms in total. The van der Waals surface area contributed by atoms with Crippen molar-refractivity contribution in [3.63, 3.8) is 0 Å². The smallest absolute Gasteiger partial charge is 0.137 e. The first-order valence-corrected chi connectivity index (χ1v) is 8.35. The van der Waals surface area contributed by atoms with Gasteiger partial charge in [-0.15, -0.1) is 0 Å². The predicted molar refractivity (Wildman–Crippen MR) is 88.8 cm³/mol. The zero-order chi connectivity index (χ0) is 14.3. The molecule has 0 atom stereocenters. The van der Waals surface area contributed by atoms with Crippen LogP contribution in [0.15, 0.2) is 21.1 Å². The molecule has 0 radical (unpaired) electrons. The Kier molecular flexibility index (Phi) is 8.03. The maximum Gasteiger partial charge on any atom is 0.137 e. The minimum Gasteiger partial charge on any atom is -0.495 e. The molecule has 1 N–H and O–H groups in total. The molecule has 0 bridgehead atoms. The number of nitrogens with one attached hydrogen (secondary N) is 1. The van der Waals surface area contributed by atoms with Gasteiger partial charge in [0.2, 0.25) is 0 Å². The van der Waals surface area contributed by atoms with E-state index in [0.29, 0.717) is 0 Å². The topological polar surface area (TPSA) is 21.3 Å². The highest BCUT2D eigenvalue weighted by atomic mass is 79.9. The molecule has 108 valence electrons. The van der Waals surface area contributed by atoms with Gasteiger partial charge in [-0.05, 0) is 46.9 Å². The van der Waals surface area contributed by atoms with Crippen molar-refractivity contribution < 1.29 is 4.74 Å². The van der Waals surface area contributed by atoms with Gasteiger partial charge in [0.25, 0.3) is 0 Å². The third-order valence-electron chi connectivity index (χ3n) is 2.99. The van der Waals surface area contributed by atoms with Crippen LogP contribution in [0.2, 0.25) is 0 Å². The molecule has 0 saturated carbocycles. The molecule has 0 aromatic heterocycles. The summed E-state index contributed by atoms with van der Waals surface area (Å²) in [5, 5.41) is 3.48. The van der Waals surface area contributed by atoms with E-state index in [4.69, 9.17) is 4.74 Å². The fourth-order valence-electron chi connectivity index (χ4n) is 2.00. The number of hydrogen-bond acceptors (Lipinski definition) is 2. The van der Waals surface area contributed by atoms with Gasteiger partial charge < -0.3 is 10.1 Å². The molecule has 19 heavy (non-hydrogen) atoms. The number of benzene rings is 1. The quantitative estimate of drug-likeness (QED) is 0.618. The maximum atomic E-state index is 5.43. The second-order valence-corrected chi connectivity index (χ2v) is 6.92. The molecule has 0 saturated heterocycles. The van der Waals surface area contributed by atoms with E-state index in [0.717, 1.165) is 33.7 Å². The van der Waals surface area contributed by atoms with E-state index in [1.165, 1.54) is 24.8 Å². The van der Waals surface area contributed by atoms with Crippen LogP contribution in [0.1, 0.15) is 38.7 Å². The lowest BCUT2D eigenvalue weighted by atomic mass is 10.1. The molecule has 0 unspecified atom stereocenters. The van der Waals surface area contributed by atoms with Crippen LogP contribution in [-0.2, 0) is 6.54 Å². The van der Waals surface area contributed by atoms with Crippen molar-refractivity contribution in [3.05, 3.63) is 26.6 Å². The number of hydrogen-bond donors (Lipinski definition) is 1. The van der Waals surface area contributed by atoms with Crippen LogP contribution in [-0.4, -0.2) is 13.7 Å². The lowest BCUT2D eigenvalue weighted by molar-refractivity contribution is 0.404. The second-order valence-electron chi connectivity index (χ2n) is 5.15.